The monoisotopic (exact) mass is 283 g/mol. The summed E-state index contributed by atoms with van der Waals surface area (Å²) in [5.41, 5.74) is 7.53. The first kappa shape index (κ1) is 13.2. The Labute approximate surface area is 117 Å². The Balaban J connectivity index is 2.58. The molecule has 0 aliphatic rings. The molecule has 5 heteroatoms. The number of rotatable bonds is 1. The molecule has 96 valence electrons. The van der Waals surface area contributed by atoms with E-state index < -0.39 is 0 Å². The van der Waals surface area contributed by atoms with Gasteiger partial charge in [-0.15, -0.1) is 0 Å². The molecular weight excluding hydrogens is 269 g/mol. The van der Waals surface area contributed by atoms with Crippen LogP contribution in [0.5, 0.6) is 0 Å². The molecule has 2 N–H and O–H groups in total. The minimum absolute atomic E-state index is 0.0651. The molecule has 0 saturated carbocycles. The molecule has 0 radical (unpaired) electrons. The summed E-state index contributed by atoms with van der Waals surface area (Å²) in [7, 11) is 0. The van der Waals surface area contributed by atoms with Gasteiger partial charge in [0.25, 0.3) is 0 Å². The van der Waals surface area contributed by atoms with Gasteiger partial charge < -0.3 is 5.73 Å². The van der Waals surface area contributed by atoms with Gasteiger partial charge in [0.15, 0.2) is 0 Å². The molecule has 0 amide bonds. The third-order valence-electron chi connectivity index (χ3n) is 2.64. The second kappa shape index (κ2) is 4.48. The SMILES string of the molecule is CC(C)(C)c1cc(N)n(-c2cc(Cl)ccc2Cl)n1. The second-order valence-corrected chi connectivity index (χ2v) is 6.06. The number of aromatic nitrogens is 2. The highest BCUT2D eigenvalue weighted by atomic mass is 35.5. The minimum Gasteiger partial charge on any atom is -0.384 e. The predicted molar refractivity (Wildman–Crippen MR) is 76.7 cm³/mol. The molecule has 0 fully saturated rings. The maximum absolute atomic E-state index is 6.15. The van der Waals surface area contributed by atoms with Gasteiger partial charge in [-0.05, 0) is 18.2 Å². The molecule has 0 aliphatic heterocycles. The maximum atomic E-state index is 6.15. The van der Waals surface area contributed by atoms with Gasteiger partial charge in [-0.3, -0.25) is 0 Å². The van der Waals surface area contributed by atoms with Crippen molar-refractivity contribution in [2.75, 3.05) is 5.73 Å². The summed E-state index contributed by atoms with van der Waals surface area (Å²) in [6, 6.07) is 7.08. The standard InChI is InChI=1S/C13H15Cl2N3/c1-13(2,3)11-7-12(16)18(17-11)10-6-8(14)4-5-9(10)15/h4-7H,16H2,1-3H3. The van der Waals surface area contributed by atoms with Crippen molar-refractivity contribution in [3.05, 3.63) is 40.0 Å². The summed E-state index contributed by atoms with van der Waals surface area (Å²) in [6.45, 7) is 6.25. The first-order valence-electron chi connectivity index (χ1n) is 5.60. The Hall–Kier alpha value is -1.19. The normalized spacial score (nSPS) is 11.8. The minimum atomic E-state index is -0.0651. The number of hydrogen-bond acceptors (Lipinski definition) is 2. The Morgan fingerprint density at radius 2 is 1.83 bits per heavy atom. The van der Waals surface area contributed by atoms with E-state index >= 15 is 0 Å². The average Bonchev–Trinajstić information content (AvgIpc) is 2.64. The lowest BCUT2D eigenvalue weighted by atomic mass is 9.92. The van der Waals surface area contributed by atoms with Crippen LogP contribution in [0.15, 0.2) is 24.3 Å². The van der Waals surface area contributed by atoms with Gasteiger partial charge in [-0.1, -0.05) is 44.0 Å². The zero-order valence-electron chi connectivity index (χ0n) is 10.5. The molecule has 18 heavy (non-hydrogen) atoms. The molecule has 2 rings (SSSR count). The molecule has 0 unspecified atom stereocenters. The molecule has 0 spiro atoms. The Morgan fingerprint density at radius 3 is 2.39 bits per heavy atom. The van der Waals surface area contributed by atoms with Gasteiger partial charge in [0.2, 0.25) is 0 Å². The quantitative estimate of drug-likeness (QED) is 0.858. The van der Waals surface area contributed by atoms with Gasteiger partial charge >= 0.3 is 0 Å². The van der Waals surface area contributed by atoms with Crippen LogP contribution in [0.3, 0.4) is 0 Å². The summed E-state index contributed by atoms with van der Waals surface area (Å²) in [4.78, 5) is 0. The van der Waals surface area contributed by atoms with E-state index in [-0.39, 0.29) is 5.41 Å². The third-order valence-corrected chi connectivity index (χ3v) is 3.20. The van der Waals surface area contributed by atoms with Crippen LogP contribution in [0.25, 0.3) is 5.69 Å². The number of nitrogen functional groups attached to an aromatic ring is 1. The van der Waals surface area contributed by atoms with Gasteiger partial charge in [-0.25, -0.2) is 4.68 Å². The van der Waals surface area contributed by atoms with Crippen LogP contribution in [-0.4, -0.2) is 9.78 Å². The fourth-order valence-electron chi connectivity index (χ4n) is 1.60. The van der Waals surface area contributed by atoms with Crippen molar-refractivity contribution in [1.82, 2.24) is 9.78 Å². The molecule has 0 saturated heterocycles. The number of nitrogens with two attached hydrogens (primary N) is 1. The maximum Gasteiger partial charge on any atom is 0.127 e. The average molecular weight is 284 g/mol. The molecule has 1 aromatic carbocycles. The zero-order valence-corrected chi connectivity index (χ0v) is 12.0. The summed E-state index contributed by atoms with van der Waals surface area (Å²) in [5.74, 6) is 0.545. The second-order valence-electron chi connectivity index (χ2n) is 5.21. The van der Waals surface area contributed by atoms with Crippen molar-refractivity contribution in [2.45, 2.75) is 26.2 Å². The first-order chi connectivity index (χ1) is 8.29. The van der Waals surface area contributed by atoms with Gasteiger partial charge in [-0.2, -0.15) is 5.10 Å². The lowest BCUT2D eigenvalue weighted by Crippen LogP contribution is -2.12. The van der Waals surface area contributed by atoms with Crippen molar-refractivity contribution in [2.24, 2.45) is 0 Å². The smallest absolute Gasteiger partial charge is 0.127 e. The Bertz CT molecular complexity index is 582. The van der Waals surface area contributed by atoms with E-state index in [1.165, 1.54) is 0 Å². The van der Waals surface area contributed by atoms with Crippen LogP contribution < -0.4 is 5.73 Å². The molecule has 0 atom stereocenters. The number of nitrogens with zero attached hydrogens (tertiary/aromatic N) is 2. The van der Waals surface area contributed by atoms with E-state index in [9.17, 15) is 0 Å². The zero-order chi connectivity index (χ0) is 13.5. The lowest BCUT2D eigenvalue weighted by Gasteiger charge is -2.14. The largest absolute Gasteiger partial charge is 0.384 e. The van der Waals surface area contributed by atoms with Gasteiger partial charge in [0.1, 0.15) is 5.82 Å². The molecule has 3 nitrogen and oxygen atoms in total. The lowest BCUT2D eigenvalue weighted by molar-refractivity contribution is 0.560. The van der Waals surface area contributed by atoms with Crippen LogP contribution in [0.1, 0.15) is 26.5 Å². The molecule has 2 aromatic rings. The van der Waals surface area contributed by atoms with E-state index in [4.69, 9.17) is 28.9 Å². The number of hydrogen-bond donors (Lipinski definition) is 1. The fraction of sp³-hybridized carbons (Fsp3) is 0.308. The topological polar surface area (TPSA) is 43.8 Å². The van der Waals surface area contributed by atoms with Crippen LogP contribution in [0.4, 0.5) is 5.82 Å². The van der Waals surface area contributed by atoms with Crippen molar-refractivity contribution in [3.8, 4) is 5.69 Å². The summed E-state index contributed by atoms with van der Waals surface area (Å²) >= 11 is 12.1. The Morgan fingerprint density at radius 1 is 1.17 bits per heavy atom. The van der Waals surface area contributed by atoms with Crippen LogP contribution in [0, 0.1) is 0 Å². The number of halogens is 2. The third kappa shape index (κ3) is 2.47. The van der Waals surface area contributed by atoms with Gasteiger partial charge in [0, 0.05) is 16.5 Å². The molecular formula is C13H15Cl2N3. The molecule has 1 heterocycles. The fourth-order valence-corrected chi connectivity index (χ4v) is 1.97. The van der Waals surface area contributed by atoms with Crippen LogP contribution in [0.2, 0.25) is 10.0 Å². The van der Waals surface area contributed by atoms with E-state index in [2.05, 4.69) is 25.9 Å². The van der Waals surface area contributed by atoms with Crippen molar-refractivity contribution in [1.29, 1.82) is 0 Å². The highest BCUT2D eigenvalue weighted by Gasteiger charge is 2.20. The van der Waals surface area contributed by atoms with E-state index in [1.54, 1.807) is 22.9 Å². The number of anilines is 1. The van der Waals surface area contributed by atoms with E-state index in [0.717, 1.165) is 5.69 Å². The summed E-state index contributed by atoms with van der Waals surface area (Å²) in [6.07, 6.45) is 0. The molecule has 1 aromatic heterocycles. The first-order valence-corrected chi connectivity index (χ1v) is 6.36. The van der Waals surface area contributed by atoms with Crippen molar-refractivity contribution < 1.29 is 0 Å². The van der Waals surface area contributed by atoms with E-state index in [0.29, 0.717) is 21.6 Å². The van der Waals surface area contributed by atoms with Crippen LogP contribution >= 0.6 is 23.2 Å². The van der Waals surface area contributed by atoms with Gasteiger partial charge in [0.05, 0.1) is 16.4 Å². The number of benzene rings is 1. The van der Waals surface area contributed by atoms with E-state index in [1.807, 2.05) is 6.07 Å². The highest BCUT2D eigenvalue weighted by molar-refractivity contribution is 6.34. The molecule has 0 aliphatic carbocycles. The van der Waals surface area contributed by atoms with Crippen LogP contribution in [-0.2, 0) is 5.41 Å². The molecule has 0 bridgehead atoms. The predicted octanol–water partition coefficient (Wildman–Crippen LogP) is 4.06. The van der Waals surface area contributed by atoms with Crippen molar-refractivity contribution in [3.63, 3.8) is 0 Å². The highest BCUT2D eigenvalue weighted by Crippen LogP contribution is 2.29. The summed E-state index contributed by atoms with van der Waals surface area (Å²) < 4.78 is 1.62. The summed E-state index contributed by atoms with van der Waals surface area (Å²) in [5, 5.41) is 5.67. The Kier molecular flexibility index (Phi) is 3.30. The van der Waals surface area contributed by atoms with Crippen molar-refractivity contribution >= 4 is 29.0 Å².